The molecule has 0 amide bonds. The number of aryl methyl sites for hydroxylation is 1. The number of rotatable bonds is 4. The molecule has 1 aromatic rings. The Kier molecular flexibility index (Phi) is 3.84. The molecule has 6 nitrogen and oxygen atoms in total. The maximum Gasteiger partial charge on any atom is 0.177 e. The van der Waals surface area contributed by atoms with Crippen LogP contribution in [0.1, 0.15) is 31.5 Å². The molecule has 1 N–H and O–H groups in total. The Labute approximate surface area is 94.6 Å². The first-order valence-electron chi connectivity index (χ1n) is 5.76. The highest BCUT2D eigenvalue weighted by atomic mass is 16.5. The van der Waals surface area contributed by atoms with Crippen LogP contribution in [0.15, 0.2) is 0 Å². The predicted molar refractivity (Wildman–Crippen MR) is 56.7 cm³/mol. The van der Waals surface area contributed by atoms with Gasteiger partial charge in [0.05, 0.1) is 19.3 Å². The minimum Gasteiger partial charge on any atom is -0.393 e. The van der Waals surface area contributed by atoms with Crippen LogP contribution in [0, 0.1) is 0 Å². The summed E-state index contributed by atoms with van der Waals surface area (Å²) in [4.78, 5) is 1.40. The van der Waals surface area contributed by atoms with Crippen molar-refractivity contribution in [3.8, 4) is 0 Å². The lowest BCUT2D eigenvalue weighted by Crippen LogP contribution is -2.26. The van der Waals surface area contributed by atoms with Crippen molar-refractivity contribution >= 4 is 0 Å². The van der Waals surface area contributed by atoms with Gasteiger partial charge in [-0.3, -0.25) is 0 Å². The maximum atomic E-state index is 9.87. The van der Waals surface area contributed by atoms with Gasteiger partial charge in [-0.2, -0.15) is 4.80 Å². The van der Waals surface area contributed by atoms with Gasteiger partial charge in [0.1, 0.15) is 0 Å². The quantitative estimate of drug-likeness (QED) is 0.786. The van der Waals surface area contributed by atoms with Crippen molar-refractivity contribution in [3.63, 3.8) is 0 Å². The van der Waals surface area contributed by atoms with Crippen molar-refractivity contribution in [2.75, 3.05) is 6.61 Å². The normalized spacial score (nSPS) is 23.2. The minimum absolute atomic E-state index is 0.195. The lowest BCUT2D eigenvalue weighted by atomic mass is 10.0. The van der Waals surface area contributed by atoms with Gasteiger partial charge in [0, 0.05) is 13.0 Å². The summed E-state index contributed by atoms with van der Waals surface area (Å²) >= 11 is 0. The molecule has 1 fully saturated rings. The molecular formula is C10H18N4O2. The SMILES string of the molecule is Cn1nnc(CC(O)CC2CCCCO2)n1. The second-order valence-electron chi connectivity index (χ2n) is 4.28. The predicted octanol–water partition coefficient (Wildman–Crippen LogP) is 0.0727. The smallest absolute Gasteiger partial charge is 0.177 e. The van der Waals surface area contributed by atoms with Gasteiger partial charge in [0.25, 0.3) is 0 Å². The van der Waals surface area contributed by atoms with Crippen molar-refractivity contribution in [2.45, 2.75) is 44.3 Å². The largest absolute Gasteiger partial charge is 0.393 e. The van der Waals surface area contributed by atoms with Gasteiger partial charge >= 0.3 is 0 Å². The second-order valence-corrected chi connectivity index (χ2v) is 4.28. The number of aliphatic hydroxyl groups is 1. The number of nitrogens with zero attached hydrogens (tertiary/aromatic N) is 4. The molecule has 0 aliphatic carbocycles. The zero-order chi connectivity index (χ0) is 11.4. The number of aliphatic hydroxyl groups excluding tert-OH is 1. The summed E-state index contributed by atoms with van der Waals surface area (Å²) in [6.45, 7) is 0.820. The molecule has 1 aliphatic rings. The minimum atomic E-state index is -0.438. The summed E-state index contributed by atoms with van der Waals surface area (Å²) in [5.41, 5.74) is 0. The van der Waals surface area contributed by atoms with E-state index in [1.165, 1.54) is 11.2 Å². The Morgan fingerprint density at radius 2 is 2.44 bits per heavy atom. The van der Waals surface area contributed by atoms with Gasteiger partial charge in [0.15, 0.2) is 5.82 Å². The summed E-state index contributed by atoms with van der Waals surface area (Å²) in [6, 6.07) is 0. The van der Waals surface area contributed by atoms with Crippen LogP contribution in [0.3, 0.4) is 0 Å². The fourth-order valence-corrected chi connectivity index (χ4v) is 2.00. The van der Waals surface area contributed by atoms with Gasteiger partial charge < -0.3 is 9.84 Å². The molecule has 2 atom stereocenters. The summed E-state index contributed by atoms with van der Waals surface area (Å²) in [7, 11) is 1.72. The molecule has 2 rings (SSSR count). The molecular weight excluding hydrogens is 208 g/mol. The highest BCUT2D eigenvalue weighted by Crippen LogP contribution is 2.17. The van der Waals surface area contributed by atoms with Crippen LogP contribution in [0.5, 0.6) is 0 Å². The Morgan fingerprint density at radius 3 is 3.06 bits per heavy atom. The average molecular weight is 226 g/mol. The van der Waals surface area contributed by atoms with Crippen molar-refractivity contribution in [3.05, 3.63) is 5.82 Å². The number of tetrazole rings is 1. The third-order valence-electron chi connectivity index (χ3n) is 2.78. The maximum absolute atomic E-state index is 9.87. The Morgan fingerprint density at radius 1 is 1.56 bits per heavy atom. The molecule has 1 saturated heterocycles. The van der Waals surface area contributed by atoms with E-state index in [0.29, 0.717) is 18.7 Å². The van der Waals surface area contributed by atoms with Crippen LogP contribution < -0.4 is 0 Å². The van der Waals surface area contributed by atoms with E-state index in [4.69, 9.17) is 4.74 Å². The van der Waals surface area contributed by atoms with Crippen LogP contribution in [-0.4, -0.2) is 44.1 Å². The van der Waals surface area contributed by atoms with Crippen LogP contribution in [-0.2, 0) is 18.2 Å². The molecule has 0 bridgehead atoms. The molecule has 0 spiro atoms. The van der Waals surface area contributed by atoms with E-state index in [1.807, 2.05) is 0 Å². The van der Waals surface area contributed by atoms with E-state index in [9.17, 15) is 5.11 Å². The number of aromatic nitrogens is 4. The Balaban J connectivity index is 1.77. The first-order chi connectivity index (χ1) is 7.74. The van der Waals surface area contributed by atoms with Crippen molar-refractivity contribution in [1.82, 2.24) is 20.2 Å². The zero-order valence-corrected chi connectivity index (χ0v) is 9.54. The summed E-state index contributed by atoms with van der Waals surface area (Å²) in [5, 5.41) is 21.5. The molecule has 2 heterocycles. The highest BCUT2D eigenvalue weighted by Gasteiger charge is 2.19. The van der Waals surface area contributed by atoms with Crippen molar-refractivity contribution in [1.29, 1.82) is 0 Å². The Bertz CT molecular complexity index is 322. The van der Waals surface area contributed by atoms with Gasteiger partial charge in [0.2, 0.25) is 0 Å². The third kappa shape index (κ3) is 3.24. The summed E-state index contributed by atoms with van der Waals surface area (Å²) < 4.78 is 5.57. The molecule has 2 unspecified atom stereocenters. The number of hydrogen-bond acceptors (Lipinski definition) is 5. The number of hydrogen-bond donors (Lipinski definition) is 1. The average Bonchev–Trinajstić information content (AvgIpc) is 2.65. The van der Waals surface area contributed by atoms with Gasteiger partial charge in [-0.25, -0.2) is 0 Å². The third-order valence-corrected chi connectivity index (χ3v) is 2.78. The first kappa shape index (κ1) is 11.5. The van der Waals surface area contributed by atoms with E-state index < -0.39 is 6.10 Å². The molecule has 0 saturated carbocycles. The molecule has 1 aromatic heterocycles. The lowest BCUT2D eigenvalue weighted by Gasteiger charge is -2.24. The molecule has 0 aromatic carbocycles. The fraction of sp³-hybridized carbons (Fsp3) is 0.900. The van der Waals surface area contributed by atoms with E-state index >= 15 is 0 Å². The van der Waals surface area contributed by atoms with E-state index in [-0.39, 0.29) is 6.10 Å². The summed E-state index contributed by atoms with van der Waals surface area (Å²) in [5.74, 6) is 0.589. The van der Waals surface area contributed by atoms with Crippen molar-refractivity contribution in [2.24, 2.45) is 7.05 Å². The van der Waals surface area contributed by atoms with Gasteiger partial charge in [-0.1, -0.05) is 0 Å². The molecule has 90 valence electrons. The van der Waals surface area contributed by atoms with Crippen LogP contribution in [0.4, 0.5) is 0 Å². The van der Waals surface area contributed by atoms with E-state index in [0.717, 1.165) is 19.4 Å². The fourth-order valence-electron chi connectivity index (χ4n) is 2.00. The topological polar surface area (TPSA) is 73.1 Å². The summed E-state index contributed by atoms with van der Waals surface area (Å²) in [6.07, 6.45) is 4.25. The molecule has 16 heavy (non-hydrogen) atoms. The van der Waals surface area contributed by atoms with Crippen LogP contribution in [0.2, 0.25) is 0 Å². The monoisotopic (exact) mass is 226 g/mol. The van der Waals surface area contributed by atoms with E-state index in [2.05, 4.69) is 15.4 Å². The highest BCUT2D eigenvalue weighted by molar-refractivity contribution is 4.82. The van der Waals surface area contributed by atoms with Crippen LogP contribution >= 0.6 is 0 Å². The van der Waals surface area contributed by atoms with Crippen LogP contribution in [0.25, 0.3) is 0 Å². The standard InChI is InChI=1S/C10H18N4O2/c1-14-12-10(11-13-14)7-8(15)6-9-4-2-3-5-16-9/h8-9,15H,2-7H2,1H3. The number of ether oxygens (including phenoxy) is 1. The first-order valence-corrected chi connectivity index (χ1v) is 5.76. The zero-order valence-electron chi connectivity index (χ0n) is 9.54. The Hall–Kier alpha value is -1.01. The van der Waals surface area contributed by atoms with E-state index in [1.54, 1.807) is 7.05 Å². The molecule has 0 radical (unpaired) electrons. The molecule has 6 heteroatoms. The van der Waals surface area contributed by atoms with Gasteiger partial charge in [-0.05, 0) is 30.9 Å². The van der Waals surface area contributed by atoms with Crippen molar-refractivity contribution < 1.29 is 9.84 Å². The van der Waals surface area contributed by atoms with Gasteiger partial charge in [-0.15, -0.1) is 10.2 Å². The molecule has 1 aliphatic heterocycles. The second kappa shape index (κ2) is 5.36. The lowest BCUT2D eigenvalue weighted by molar-refractivity contribution is -0.0150.